The topological polar surface area (TPSA) is 115 Å². The van der Waals surface area contributed by atoms with Gasteiger partial charge in [0, 0.05) is 23.1 Å². The molecule has 8 nitrogen and oxygen atoms in total. The van der Waals surface area contributed by atoms with Gasteiger partial charge in [-0.05, 0) is 50.5 Å². The van der Waals surface area contributed by atoms with E-state index in [1.807, 2.05) is 19.9 Å². The average molecular weight is 462 g/mol. The summed E-state index contributed by atoms with van der Waals surface area (Å²) in [4.78, 5) is 37.0. The maximum atomic E-state index is 12.8. The molecule has 0 aliphatic carbocycles. The van der Waals surface area contributed by atoms with Gasteiger partial charge in [0.25, 0.3) is 0 Å². The van der Waals surface area contributed by atoms with Gasteiger partial charge in [-0.15, -0.1) is 0 Å². The molecule has 172 valence electrons. The predicted octanol–water partition coefficient (Wildman–Crippen LogP) is 4.85. The van der Waals surface area contributed by atoms with Crippen LogP contribution in [0, 0.1) is 0 Å². The Balaban J connectivity index is 2.10. The average Bonchev–Trinajstić information content (AvgIpc) is 3.19. The van der Waals surface area contributed by atoms with Gasteiger partial charge in [0.1, 0.15) is 17.1 Å². The molecule has 1 unspecified atom stereocenters. The van der Waals surface area contributed by atoms with Gasteiger partial charge in [-0.25, -0.2) is 9.59 Å². The lowest BCUT2D eigenvalue weighted by Gasteiger charge is -2.11. The van der Waals surface area contributed by atoms with Gasteiger partial charge in [0.05, 0.1) is 13.7 Å². The predicted molar refractivity (Wildman–Crippen MR) is 122 cm³/mol. The first-order valence-electron chi connectivity index (χ1n) is 10.1. The number of ether oxygens (including phenoxy) is 2. The number of carbonyl (C=O) groups is 2. The number of amides is 1. The molecule has 0 fully saturated rings. The Morgan fingerprint density at radius 2 is 2.09 bits per heavy atom. The van der Waals surface area contributed by atoms with Crippen LogP contribution in [0.3, 0.4) is 0 Å². The molecule has 0 spiro atoms. The number of nitrogens with one attached hydrogen (secondary N) is 1. The third-order valence-electron chi connectivity index (χ3n) is 4.54. The van der Waals surface area contributed by atoms with Crippen LogP contribution in [-0.4, -0.2) is 30.7 Å². The number of thiophene rings is 1. The van der Waals surface area contributed by atoms with Crippen LogP contribution in [0.25, 0.3) is 6.08 Å². The zero-order valence-corrected chi connectivity index (χ0v) is 19.3. The smallest absolute Gasteiger partial charge is 0.410 e. The Labute approximate surface area is 190 Å². The molecule has 0 aliphatic rings. The summed E-state index contributed by atoms with van der Waals surface area (Å²) >= 11 is 1.38. The molecule has 0 saturated carbocycles. The molecule has 1 atom stereocenters. The monoisotopic (exact) mass is 461 g/mol. The van der Waals surface area contributed by atoms with Crippen LogP contribution in [0.1, 0.15) is 60.5 Å². The lowest BCUT2D eigenvalue weighted by Crippen LogP contribution is -2.16. The van der Waals surface area contributed by atoms with Gasteiger partial charge >= 0.3 is 11.7 Å². The minimum absolute atomic E-state index is 0.194. The molecule has 0 radical (unpaired) electrons. The zero-order chi connectivity index (χ0) is 23.7. The number of rotatable bonds is 10. The summed E-state index contributed by atoms with van der Waals surface area (Å²) in [6, 6.07) is 4.93. The van der Waals surface area contributed by atoms with E-state index in [0.717, 1.165) is 9.94 Å². The molecular formula is C23H27NO7S. The molecule has 0 aliphatic heterocycles. The molecule has 0 bridgehead atoms. The van der Waals surface area contributed by atoms with Crippen LogP contribution in [0.2, 0.25) is 0 Å². The molecule has 2 heterocycles. The number of Topliss-reactive ketones (excluding diaryl/α,β-unsaturated/α-hetero) is 1. The van der Waals surface area contributed by atoms with Crippen LogP contribution < -0.4 is 15.7 Å². The summed E-state index contributed by atoms with van der Waals surface area (Å²) in [7, 11) is 1.27. The highest BCUT2D eigenvalue weighted by atomic mass is 32.1. The second kappa shape index (κ2) is 11.9. The highest BCUT2D eigenvalue weighted by Gasteiger charge is 2.22. The number of allylic oxidation sites excluding steroid dienone is 2. The van der Waals surface area contributed by atoms with E-state index >= 15 is 0 Å². The van der Waals surface area contributed by atoms with E-state index in [1.165, 1.54) is 30.7 Å². The summed E-state index contributed by atoms with van der Waals surface area (Å²) < 4.78 is 15.2. The Morgan fingerprint density at radius 1 is 1.34 bits per heavy atom. The van der Waals surface area contributed by atoms with Gasteiger partial charge < -0.3 is 19.0 Å². The van der Waals surface area contributed by atoms with E-state index in [1.54, 1.807) is 25.1 Å². The standard InChI is InChI=1S/C23H27NO7S/c1-5-30-19-10-9-16(32-19)12-15(3)21(26)20-17(25)13-18(31-22(20)27)14(2)8-6-7-11-24-23(28)29-4/h7,9-14,25H,5-6,8H2,1-4H3,(H,24,28)/b11-7+,15-12+. The third kappa shape index (κ3) is 6.84. The van der Waals surface area contributed by atoms with E-state index in [0.29, 0.717) is 25.0 Å². The number of hydrogen-bond acceptors (Lipinski definition) is 8. The molecule has 32 heavy (non-hydrogen) atoms. The maximum Gasteiger partial charge on any atom is 0.410 e. The van der Waals surface area contributed by atoms with Crippen molar-refractivity contribution < 1.29 is 28.6 Å². The molecule has 2 aromatic rings. The highest BCUT2D eigenvalue weighted by molar-refractivity contribution is 7.14. The number of methoxy groups -OCH3 is 1. The fourth-order valence-corrected chi connectivity index (χ4v) is 3.73. The van der Waals surface area contributed by atoms with Crippen molar-refractivity contribution in [3.05, 3.63) is 62.7 Å². The minimum atomic E-state index is -0.881. The summed E-state index contributed by atoms with van der Waals surface area (Å²) in [5, 5.41) is 13.5. The minimum Gasteiger partial charge on any atom is -0.507 e. The van der Waals surface area contributed by atoms with Crippen molar-refractivity contribution in [1.82, 2.24) is 5.32 Å². The quantitative estimate of drug-likeness (QED) is 0.384. The molecule has 2 aromatic heterocycles. The molecule has 2 N–H and O–H groups in total. The van der Waals surface area contributed by atoms with Crippen molar-refractivity contribution in [3.8, 4) is 10.8 Å². The van der Waals surface area contributed by atoms with Crippen molar-refractivity contribution in [1.29, 1.82) is 0 Å². The van der Waals surface area contributed by atoms with Crippen LogP contribution in [0.15, 0.2) is 45.3 Å². The molecule has 1 amide bonds. The number of carbonyl (C=O) groups excluding carboxylic acids is 2. The van der Waals surface area contributed by atoms with Crippen molar-refractivity contribution in [2.45, 2.75) is 39.5 Å². The Morgan fingerprint density at radius 3 is 2.75 bits per heavy atom. The second-order valence-corrected chi connectivity index (χ2v) is 8.04. The fraction of sp³-hybridized carbons (Fsp3) is 0.348. The summed E-state index contributed by atoms with van der Waals surface area (Å²) in [6.07, 6.45) is 5.45. The summed E-state index contributed by atoms with van der Waals surface area (Å²) in [5.74, 6) is -0.927. The first-order chi connectivity index (χ1) is 15.3. The van der Waals surface area contributed by atoms with Gasteiger partial charge in [0.15, 0.2) is 10.8 Å². The van der Waals surface area contributed by atoms with Gasteiger partial charge in [-0.1, -0.05) is 24.3 Å². The lowest BCUT2D eigenvalue weighted by atomic mass is 10.00. The highest BCUT2D eigenvalue weighted by Crippen LogP contribution is 2.28. The molecule has 0 aromatic carbocycles. The zero-order valence-electron chi connectivity index (χ0n) is 18.5. The van der Waals surface area contributed by atoms with Crippen LogP contribution in [-0.2, 0) is 4.74 Å². The van der Waals surface area contributed by atoms with Gasteiger partial charge in [0.2, 0.25) is 0 Å². The third-order valence-corrected chi connectivity index (χ3v) is 5.48. The Hall–Kier alpha value is -3.33. The maximum absolute atomic E-state index is 12.8. The van der Waals surface area contributed by atoms with E-state index in [2.05, 4.69) is 10.1 Å². The summed E-state index contributed by atoms with van der Waals surface area (Å²) in [5.41, 5.74) is -0.978. The number of alkyl carbamates (subject to hydrolysis) is 1. The van der Waals surface area contributed by atoms with Crippen molar-refractivity contribution in [2.75, 3.05) is 13.7 Å². The van der Waals surface area contributed by atoms with Crippen LogP contribution in [0.5, 0.6) is 10.8 Å². The first kappa shape index (κ1) is 24.9. The van der Waals surface area contributed by atoms with E-state index < -0.39 is 28.8 Å². The SMILES string of the molecule is CCOc1ccc(/C=C(\C)C(=O)c2c(O)cc(C(C)CC/C=C/NC(=O)OC)oc2=O)s1. The number of ketones is 1. The Kier molecular flexibility index (Phi) is 9.27. The van der Waals surface area contributed by atoms with Crippen molar-refractivity contribution in [3.63, 3.8) is 0 Å². The van der Waals surface area contributed by atoms with Crippen LogP contribution >= 0.6 is 11.3 Å². The lowest BCUT2D eigenvalue weighted by molar-refractivity contribution is 0.102. The Bertz CT molecular complexity index is 1060. The van der Waals surface area contributed by atoms with Crippen molar-refractivity contribution in [2.24, 2.45) is 0 Å². The second-order valence-electron chi connectivity index (χ2n) is 6.96. The van der Waals surface area contributed by atoms with Crippen molar-refractivity contribution >= 4 is 29.3 Å². The molecule has 9 heteroatoms. The molecular weight excluding hydrogens is 434 g/mol. The normalized spacial score (nSPS) is 12.6. The van der Waals surface area contributed by atoms with Gasteiger partial charge in [-0.2, -0.15) is 0 Å². The number of aromatic hydroxyl groups is 1. The first-order valence-corrected chi connectivity index (χ1v) is 10.9. The molecule has 0 saturated heterocycles. The molecule has 2 rings (SSSR count). The largest absolute Gasteiger partial charge is 0.507 e. The fourth-order valence-electron chi connectivity index (χ4n) is 2.82. The van der Waals surface area contributed by atoms with E-state index in [9.17, 15) is 19.5 Å². The van der Waals surface area contributed by atoms with Crippen LogP contribution in [0.4, 0.5) is 4.79 Å². The van der Waals surface area contributed by atoms with Gasteiger partial charge in [-0.3, -0.25) is 10.1 Å². The number of hydrogen-bond donors (Lipinski definition) is 2. The summed E-state index contributed by atoms with van der Waals surface area (Å²) in [6.45, 7) is 5.84. The van der Waals surface area contributed by atoms with E-state index in [4.69, 9.17) is 9.15 Å². The van der Waals surface area contributed by atoms with E-state index in [-0.39, 0.29) is 11.7 Å².